The standard InChI is InChI=1S/C28H35N5O9/c1-2-41-28(39)33-11-9-32(10-12-33)27(38)21(7-8-25(35)36)30-26(37)22-17-23(19-5-3-4-6-20(19)29-22)42-18-24(34)31-13-15-40-16-14-31/h3-6,17,21H,2,7-16,18H2,1H3,(H,30,37)(H,35,36). The third kappa shape index (κ3) is 7.84. The molecule has 0 saturated carbocycles. The summed E-state index contributed by atoms with van der Waals surface area (Å²) in [6.45, 7) is 4.47. The molecule has 226 valence electrons. The number of pyridine rings is 1. The largest absolute Gasteiger partial charge is 0.483 e. The third-order valence-corrected chi connectivity index (χ3v) is 6.99. The second kappa shape index (κ2) is 14.4. The number of hydrogen-bond acceptors (Lipinski definition) is 9. The van der Waals surface area contributed by atoms with E-state index in [-0.39, 0.29) is 69.6 Å². The van der Waals surface area contributed by atoms with Crippen molar-refractivity contribution in [3.63, 3.8) is 0 Å². The molecule has 1 unspecified atom stereocenters. The lowest BCUT2D eigenvalue weighted by Crippen LogP contribution is -2.56. The van der Waals surface area contributed by atoms with E-state index in [1.165, 1.54) is 15.9 Å². The van der Waals surface area contributed by atoms with Crippen LogP contribution in [0.2, 0.25) is 0 Å². The fraction of sp³-hybridized carbons (Fsp3) is 0.500. The van der Waals surface area contributed by atoms with Crippen LogP contribution in [0.4, 0.5) is 4.79 Å². The Kier molecular flexibility index (Phi) is 10.5. The number of aromatic nitrogens is 1. The zero-order valence-corrected chi connectivity index (χ0v) is 23.5. The topological polar surface area (TPSA) is 168 Å². The molecule has 2 saturated heterocycles. The Morgan fingerprint density at radius 3 is 2.38 bits per heavy atom. The Labute approximate surface area is 242 Å². The molecular formula is C28H35N5O9. The molecule has 42 heavy (non-hydrogen) atoms. The number of carboxylic acid groups (broad SMARTS) is 1. The highest BCUT2D eigenvalue weighted by molar-refractivity contribution is 5.99. The number of ether oxygens (including phenoxy) is 3. The van der Waals surface area contributed by atoms with Crippen LogP contribution in [-0.4, -0.2) is 126 Å². The van der Waals surface area contributed by atoms with Crippen LogP contribution < -0.4 is 10.1 Å². The van der Waals surface area contributed by atoms with Gasteiger partial charge < -0.3 is 39.3 Å². The number of nitrogens with zero attached hydrogens (tertiary/aromatic N) is 4. The van der Waals surface area contributed by atoms with E-state index in [0.29, 0.717) is 37.2 Å². The van der Waals surface area contributed by atoms with Gasteiger partial charge in [0.25, 0.3) is 11.8 Å². The molecule has 2 aliphatic heterocycles. The molecule has 2 fully saturated rings. The van der Waals surface area contributed by atoms with Crippen LogP contribution in [0.5, 0.6) is 5.75 Å². The number of para-hydroxylation sites is 1. The van der Waals surface area contributed by atoms with E-state index in [1.807, 2.05) is 0 Å². The first-order valence-corrected chi connectivity index (χ1v) is 13.9. The Bertz CT molecular complexity index is 1310. The van der Waals surface area contributed by atoms with Gasteiger partial charge in [-0.15, -0.1) is 0 Å². The second-order valence-corrected chi connectivity index (χ2v) is 9.77. The summed E-state index contributed by atoms with van der Waals surface area (Å²) in [5.41, 5.74) is 0.394. The molecule has 14 heteroatoms. The molecule has 2 aliphatic rings. The molecule has 1 aromatic heterocycles. The van der Waals surface area contributed by atoms with Gasteiger partial charge in [0.2, 0.25) is 5.91 Å². The minimum Gasteiger partial charge on any atom is -0.483 e. The van der Waals surface area contributed by atoms with E-state index in [4.69, 9.17) is 14.2 Å². The lowest BCUT2D eigenvalue weighted by molar-refractivity contribution is -0.139. The van der Waals surface area contributed by atoms with E-state index in [2.05, 4.69) is 10.3 Å². The minimum atomic E-state index is -1.14. The van der Waals surface area contributed by atoms with E-state index in [9.17, 15) is 29.1 Å². The Hall–Kier alpha value is -4.46. The molecule has 1 atom stereocenters. The van der Waals surface area contributed by atoms with Crippen molar-refractivity contribution in [1.29, 1.82) is 0 Å². The van der Waals surface area contributed by atoms with Gasteiger partial charge in [0.15, 0.2) is 6.61 Å². The summed E-state index contributed by atoms with van der Waals surface area (Å²) in [6, 6.07) is 7.24. The monoisotopic (exact) mass is 585 g/mol. The van der Waals surface area contributed by atoms with Gasteiger partial charge in [-0.1, -0.05) is 12.1 Å². The van der Waals surface area contributed by atoms with Crippen LogP contribution in [-0.2, 0) is 23.9 Å². The number of nitrogens with one attached hydrogen (secondary N) is 1. The van der Waals surface area contributed by atoms with Gasteiger partial charge >= 0.3 is 12.1 Å². The first-order valence-electron chi connectivity index (χ1n) is 13.9. The fourth-order valence-corrected chi connectivity index (χ4v) is 4.72. The predicted octanol–water partition coefficient (Wildman–Crippen LogP) is 0.736. The number of carbonyl (C=O) groups is 5. The van der Waals surface area contributed by atoms with Gasteiger partial charge in [0.05, 0.1) is 25.3 Å². The molecule has 4 rings (SSSR count). The van der Waals surface area contributed by atoms with Crippen molar-refractivity contribution in [2.24, 2.45) is 0 Å². The zero-order valence-electron chi connectivity index (χ0n) is 23.5. The van der Waals surface area contributed by atoms with Crippen LogP contribution in [0, 0.1) is 0 Å². The van der Waals surface area contributed by atoms with Gasteiger partial charge in [0, 0.05) is 57.1 Å². The van der Waals surface area contributed by atoms with Crippen LogP contribution in [0.3, 0.4) is 0 Å². The van der Waals surface area contributed by atoms with Gasteiger partial charge in [-0.05, 0) is 25.5 Å². The quantitative estimate of drug-likeness (QED) is 0.406. The number of carboxylic acids is 1. The Morgan fingerprint density at radius 2 is 1.69 bits per heavy atom. The summed E-state index contributed by atoms with van der Waals surface area (Å²) < 4.78 is 16.1. The highest BCUT2D eigenvalue weighted by Crippen LogP contribution is 2.26. The smallest absolute Gasteiger partial charge is 0.409 e. The molecule has 2 N–H and O–H groups in total. The van der Waals surface area contributed by atoms with E-state index in [1.54, 1.807) is 36.1 Å². The molecule has 0 bridgehead atoms. The molecule has 2 aromatic rings. The molecule has 0 radical (unpaired) electrons. The maximum atomic E-state index is 13.4. The number of carbonyl (C=O) groups excluding carboxylic acids is 4. The number of rotatable bonds is 10. The van der Waals surface area contributed by atoms with E-state index in [0.717, 1.165) is 0 Å². The van der Waals surface area contributed by atoms with Crippen LogP contribution in [0.1, 0.15) is 30.3 Å². The van der Waals surface area contributed by atoms with Gasteiger partial charge in [0.1, 0.15) is 17.5 Å². The third-order valence-electron chi connectivity index (χ3n) is 6.99. The summed E-state index contributed by atoms with van der Waals surface area (Å²) in [5.74, 6) is -2.21. The van der Waals surface area contributed by atoms with Crippen molar-refractivity contribution in [3.05, 3.63) is 36.0 Å². The average molecular weight is 586 g/mol. The zero-order chi connectivity index (χ0) is 30.1. The first kappa shape index (κ1) is 30.5. The lowest BCUT2D eigenvalue weighted by atomic mass is 10.1. The van der Waals surface area contributed by atoms with E-state index >= 15 is 0 Å². The number of hydrogen-bond donors (Lipinski definition) is 2. The molecule has 1 aromatic carbocycles. The lowest BCUT2D eigenvalue weighted by Gasteiger charge is -2.35. The number of benzene rings is 1. The van der Waals surface area contributed by atoms with Gasteiger partial charge in [-0.25, -0.2) is 9.78 Å². The van der Waals surface area contributed by atoms with Crippen molar-refractivity contribution in [2.75, 3.05) is 65.7 Å². The number of morpholine rings is 1. The molecule has 3 heterocycles. The predicted molar refractivity (Wildman–Crippen MR) is 148 cm³/mol. The highest BCUT2D eigenvalue weighted by atomic mass is 16.6. The number of piperazine rings is 1. The van der Waals surface area contributed by atoms with Crippen LogP contribution >= 0.6 is 0 Å². The van der Waals surface area contributed by atoms with Crippen molar-refractivity contribution in [2.45, 2.75) is 25.8 Å². The summed E-state index contributed by atoms with van der Waals surface area (Å²) in [6.07, 6.45) is -0.946. The normalized spacial score (nSPS) is 16.1. The number of amides is 4. The molecule has 14 nitrogen and oxygen atoms in total. The van der Waals surface area contributed by atoms with Crippen molar-refractivity contribution in [3.8, 4) is 5.75 Å². The highest BCUT2D eigenvalue weighted by Gasteiger charge is 2.31. The maximum absolute atomic E-state index is 13.4. The summed E-state index contributed by atoms with van der Waals surface area (Å²) in [7, 11) is 0. The number of aliphatic carboxylic acids is 1. The van der Waals surface area contributed by atoms with Gasteiger partial charge in [-0.2, -0.15) is 0 Å². The fourth-order valence-electron chi connectivity index (χ4n) is 4.72. The molecule has 4 amide bonds. The summed E-state index contributed by atoms with van der Waals surface area (Å²) in [4.78, 5) is 71.7. The van der Waals surface area contributed by atoms with Crippen LogP contribution in [0.25, 0.3) is 10.9 Å². The molecule has 0 spiro atoms. The average Bonchev–Trinajstić information content (AvgIpc) is 3.01. The molecule has 0 aliphatic carbocycles. The van der Waals surface area contributed by atoms with Gasteiger partial charge in [-0.3, -0.25) is 19.2 Å². The van der Waals surface area contributed by atoms with Crippen LogP contribution in [0.15, 0.2) is 30.3 Å². The summed E-state index contributed by atoms with van der Waals surface area (Å²) in [5, 5.41) is 12.5. The first-order chi connectivity index (χ1) is 20.3. The Morgan fingerprint density at radius 1 is 1.00 bits per heavy atom. The molecular weight excluding hydrogens is 550 g/mol. The second-order valence-electron chi connectivity index (χ2n) is 9.77. The van der Waals surface area contributed by atoms with Crippen molar-refractivity contribution >= 4 is 40.7 Å². The number of fused-ring (bicyclic) bond motifs is 1. The Balaban J connectivity index is 1.48. The SMILES string of the molecule is CCOC(=O)N1CCN(C(=O)C(CCC(=O)O)NC(=O)c2cc(OCC(=O)N3CCOCC3)c3ccccc3n2)CC1. The maximum Gasteiger partial charge on any atom is 0.409 e. The van der Waals surface area contributed by atoms with Crippen molar-refractivity contribution < 1.29 is 43.3 Å². The van der Waals surface area contributed by atoms with Crippen molar-refractivity contribution in [1.82, 2.24) is 25.0 Å². The van der Waals surface area contributed by atoms with E-state index < -0.39 is 29.9 Å². The summed E-state index contributed by atoms with van der Waals surface area (Å²) >= 11 is 0. The minimum absolute atomic E-state index is 0.0530.